The largest absolute Gasteiger partial charge is 0.493 e. The van der Waals surface area contributed by atoms with Gasteiger partial charge in [-0.15, -0.1) is 0 Å². The van der Waals surface area contributed by atoms with Gasteiger partial charge in [-0.1, -0.05) is 13.3 Å². The summed E-state index contributed by atoms with van der Waals surface area (Å²) in [6.07, 6.45) is 7.05. The number of hydrogen-bond acceptors (Lipinski definition) is 5. The third-order valence-electron chi connectivity index (χ3n) is 7.36. The zero-order valence-electron chi connectivity index (χ0n) is 22.4. The van der Waals surface area contributed by atoms with Gasteiger partial charge in [0, 0.05) is 35.0 Å². The Morgan fingerprint density at radius 2 is 1.95 bits per heavy atom. The van der Waals surface area contributed by atoms with Crippen LogP contribution in [0.2, 0.25) is 0 Å². The molecule has 7 nitrogen and oxygen atoms in total. The molecule has 1 unspecified atom stereocenters. The van der Waals surface area contributed by atoms with Crippen molar-refractivity contribution >= 4 is 16.9 Å². The topological polar surface area (TPSA) is 97.6 Å². The molecule has 1 aliphatic rings. The highest BCUT2D eigenvalue weighted by molar-refractivity contribution is 5.88. The number of nitrogens with zero attached hydrogens (tertiary/aromatic N) is 1. The van der Waals surface area contributed by atoms with Crippen molar-refractivity contribution in [1.29, 1.82) is 0 Å². The number of nitrogens with one attached hydrogen (secondary N) is 1. The number of rotatable bonds is 11. The summed E-state index contributed by atoms with van der Waals surface area (Å²) in [4.78, 5) is 19.4. The number of carbonyl (C=O) groups is 1. The number of aromatic nitrogens is 2. The van der Waals surface area contributed by atoms with E-state index in [2.05, 4.69) is 18.0 Å². The van der Waals surface area contributed by atoms with Crippen LogP contribution in [0.4, 0.5) is 0 Å². The zero-order valence-corrected chi connectivity index (χ0v) is 22.4. The van der Waals surface area contributed by atoms with Gasteiger partial charge in [0.1, 0.15) is 17.3 Å². The molecule has 0 amide bonds. The average molecular weight is 517 g/mol. The molecule has 0 aliphatic heterocycles. The Kier molecular flexibility index (Phi) is 7.72. The Bertz CT molecular complexity index is 1410. The molecular weight excluding hydrogens is 480 g/mol. The number of aliphatic carboxylic acids is 1. The van der Waals surface area contributed by atoms with Gasteiger partial charge in [-0.05, 0) is 87.1 Å². The van der Waals surface area contributed by atoms with Crippen molar-refractivity contribution in [2.75, 3.05) is 13.2 Å². The summed E-state index contributed by atoms with van der Waals surface area (Å²) in [5.41, 5.74) is 5.88. The quantitative estimate of drug-likeness (QED) is 0.208. The molecule has 7 heteroatoms. The maximum Gasteiger partial charge on any atom is 0.312 e. The molecule has 0 bridgehead atoms. The van der Waals surface area contributed by atoms with E-state index in [1.54, 1.807) is 6.92 Å². The van der Waals surface area contributed by atoms with Gasteiger partial charge in [-0.3, -0.25) is 4.79 Å². The average Bonchev–Trinajstić information content (AvgIpc) is 3.50. The zero-order chi connectivity index (χ0) is 26.6. The highest BCUT2D eigenvalue weighted by Gasteiger charge is 2.20. The van der Waals surface area contributed by atoms with E-state index >= 15 is 0 Å². The number of hydrogen-bond donors (Lipinski definition) is 2. The van der Waals surface area contributed by atoms with Crippen molar-refractivity contribution in [3.63, 3.8) is 0 Å². The molecule has 0 fully saturated rings. The minimum absolute atomic E-state index is 0.524. The number of H-pyrrole nitrogens is 1. The molecule has 0 radical (unpaired) electrons. The first-order chi connectivity index (χ1) is 18.4. The van der Waals surface area contributed by atoms with E-state index in [0.29, 0.717) is 19.1 Å². The van der Waals surface area contributed by atoms with E-state index in [1.807, 2.05) is 37.3 Å². The summed E-state index contributed by atoms with van der Waals surface area (Å²) >= 11 is 0. The molecule has 2 aromatic carbocycles. The predicted molar refractivity (Wildman–Crippen MR) is 147 cm³/mol. The van der Waals surface area contributed by atoms with Crippen LogP contribution in [0.1, 0.15) is 73.7 Å². The highest BCUT2D eigenvalue weighted by atomic mass is 16.5. The summed E-state index contributed by atoms with van der Waals surface area (Å²) in [5, 5.41) is 10.4. The fraction of sp³-hybridized carbons (Fsp3) is 0.419. The molecule has 0 saturated heterocycles. The molecule has 2 aromatic heterocycles. The van der Waals surface area contributed by atoms with E-state index < -0.39 is 11.9 Å². The van der Waals surface area contributed by atoms with Crippen LogP contribution in [-0.2, 0) is 24.1 Å². The smallest absolute Gasteiger partial charge is 0.312 e. The van der Waals surface area contributed by atoms with Crippen molar-refractivity contribution < 1.29 is 23.8 Å². The van der Waals surface area contributed by atoms with E-state index in [0.717, 1.165) is 82.8 Å². The van der Waals surface area contributed by atoms with E-state index in [-0.39, 0.29) is 0 Å². The minimum Gasteiger partial charge on any atom is -0.493 e. The molecule has 0 saturated carbocycles. The summed E-state index contributed by atoms with van der Waals surface area (Å²) < 4.78 is 18.2. The van der Waals surface area contributed by atoms with Crippen LogP contribution in [-0.4, -0.2) is 34.3 Å². The summed E-state index contributed by atoms with van der Waals surface area (Å²) in [6.45, 7) is 6.88. The van der Waals surface area contributed by atoms with Gasteiger partial charge in [-0.25, -0.2) is 4.98 Å². The van der Waals surface area contributed by atoms with Crippen LogP contribution in [0.3, 0.4) is 0 Å². The lowest BCUT2D eigenvalue weighted by molar-refractivity contribution is -0.138. The molecular formula is C31H36N2O5. The predicted octanol–water partition coefficient (Wildman–Crippen LogP) is 7.00. The van der Waals surface area contributed by atoms with Crippen molar-refractivity contribution in [1.82, 2.24) is 9.97 Å². The van der Waals surface area contributed by atoms with Crippen LogP contribution in [0.5, 0.6) is 11.5 Å². The summed E-state index contributed by atoms with van der Waals surface area (Å²) in [6, 6.07) is 12.0. The number of ether oxygens (including phenoxy) is 2. The van der Waals surface area contributed by atoms with Crippen LogP contribution < -0.4 is 9.47 Å². The molecule has 1 aliphatic carbocycles. The number of oxazole rings is 1. The van der Waals surface area contributed by atoms with Crippen LogP contribution >= 0.6 is 0 Å². The Labute approximate surface area is 223 Å². The molecule has 4 aromatic rings. The molecule has 2 heterocycles. The molecule has 0 spiro atoms. The van der Waals surface area contributed by atoms with Crippen molar-refractivity contribution in [2.24, 2.45) is 0 Å². The first-order valence-electron chi connectivity index (χ1n) is 13.7. The number of carboxylic acid groups (broad SMARTS) is 1. The second-order valence-corrected chi connectivity index (χ2v) is 10.1. The number of aryl methyl sites for hydroxylation is 4. The first-order valence-corrected chi connectivity index (χ1v) is 13.7. The molecule has 38 heavy (non-hydrogen) atoms. The van der Waals surface area contributed by atoms with Gasteiger partial charge in [0.2, 0.25) is 5.89 Å². The van der Waals surface area contributed by atoms with Crippen molar-refractivity contribution in [3.05, 3.63) is 64.7 Å². The second kappa shape index (κ2) is 11.3. The number of fused-ring (bicyclic) bond motifs is 2. The monoisotopic (exact) mass is 516 g/mol. The molecule has 200 valence electrons. The van der Waals surface area contributed by atoms with E-state index in [9.17, 15) is 9.90 Å². The van der Waals surface area contributed by atoms with E-state index in [1.165, 1.54) is 18.4 Å². The van der Waals surface area contributed by atoms with Crippen molar-refractivity contribution in [3.8, 4) is 23.0 Å². The van der Waals surface area contributed by atoms with Gasteiger partial charge in [0.05, 0.1) is 24.8 Å². The van der Waals surface area contributed by atoms with Crippen LogP contribution in [0.25, 0.3) is 22.4 Å². The lowest BCUT2D eigenvalue weighted by Gasteiger charge is -2.13. The van der Waals surface area contributed by atoms with Gasteiger partial charge in [0.25, 0.3) is 0 Å². The third kappa shape index (κ3) is 5.42. The maximum atomic E-state index is 11.4. The number of carboxylic acids is 1. The SMILES string of the molecule is CCCc1cc(-c2nc3c(o2)CCCC3)ccc1OCCCOc1ccc2[nH]c(C(C)C(=O)O)c(C)c2c1. The first kappa shape index (κ1) is 25.9. The molecule has 1 atom stereocenters. The minimum atomic E-state index is -0.843. The Morgan fingerprint density at radius 3 is 2.74 bits per heavy atom. The van der Waals surface area contributed by atoms with Gasteiger partial charge >= 0.3 is 5.97 Å². The highest BCUT2D eigenvalue weighted by Crippen LogP contribution is 2.32. The number of benzene rings is 2. The van der Waals surface area contributed by atoms with Gasteiger partial charge < -0.3 is 24.0 Å². The fourth-order valence-electron chi connectivity index (χ4n) is 5.20. The van der Waals surface area contributed by atoms with Crippen LogP contribution in [0.15, 0.2) is 40.8 Å². The molecule has 2 N–H and O–H groups in total. The fourth-order valence-corrected chi connectivity index (χ4v) is 5.20. The lowest BCUT2D eigenvalue weighted by atomic mass is 10.0. The standard InChI is InChI=1S/C31H36N2O5/c1-4-8-21-17-22(30-33-26-9-5-6-10-28(26)38-30)11-14-27(21)37-16-7-15-36-23-12-13-25-24(18-23)19(2)29(32-25)20(3)31(34)35/h11-14,17-18,20,32H,4-10,15-16H2,1-3H3,(H,34,35). The van der Waals surface area contributed by atoms with Crippen molar-refractivity contribution in [2.45, 2.75) is 71.6 Å². The third-order valence-corrected chi connectivity index (χ3v) is 7.36. The maximum absolute atomic E-state index is 11.4. The summed E-state index contributed by atoms with van der Waals surface area (Å²) in [5.74, 6) is 1.99. The Hall–Kier alpha value is -3.74. The van der Waals surface area contributed by atoms with Crippen LogP contribution in [0, 0.1) is 6.92 Å². The normalized spacial score (nSPS) is 13.9. The Balaban J connectivity index is 1.18. The molecule has 5 rings (SSSR count). The van der Waals surface area contributed by atoms with Gasteiger partial charge in [-0.2, -0.15) is 0 Å². The lowest BCUT2D eigenvalue weighted by Crippen LogP contribution is -2.08. The summed E-state index contributed by atoms with van der Waals surface area (Å²) in [7, 11) is 0. The number of aromatic amines is 1. The van der Waals surface area contributed by atoms with E-state index in [4.69, 9.17) is 18.9 Å². The Morgan fingerprint density at radius 1 is 1.13 bits per heavy atom. The van der Waals surface area contributed by atoms with Gasteiger partial charge in [0.15, 0.2) is 0 Å². The second-order valence-electron chi connectivity index (χ2n) is 10.1.